The molecule has 1 fully saturated rings. The fourth-order valence-corrected chi connectivity index (χ4v) is 4.42. The highest BCUT2D eigenvalue weighted by Gasteiger charge is 2.18. The third-order valence-corrected chi connectivity index (χ3v) is 6.35. The largest absolute Gasteiger partial charge is 0.378 e. The molecule has 4 aromatic rings. The average molecular weight is 459 g/mol. The first-order chi connectivity index (χ1) is 16.5. The topological polar surface area (TPSA) is 59.4 Å². The number of fused-ring (bicyclic) bond motifs is 1. The standard InChI is InChI=1S/C27H27FN4O2/c1-18(19-4-3-5-22(28)14-19)30-27(33)24-17-31(2)25-8-6-20(15-23(24)25)21-7-9-26(29-16-21)32-10-12-34-13-11-32/h3-9,14-18H,10-13H2,1-2H3,(H,30,33). The molecular weight excluding hydrogens is 431 g/mol. The van der Waals surface area contributed by atoms with Crippen molar-refractivity contribution in [3.8, 4) is 11.1 Å². The number of hydrogen-bond acceptors (Lipinski definition) is 4. The molecule has 1 aliphatic rings. The number of pyridine rings is 1. The summed E-state index contributed by atoms with van der Waals surface area (Å²) >= 11 is 0. The van der Waals surface area contributed by atoms with Gasteiger partial charge in [-0.2, -0.15) is 0 Å². The normalized spacial score (nSPS) is 14.9. The van der Waals surface area contributed by atoms with Crippen LogP contribution in [0.25, 0.3) is 22.0 Å². The molecule has 7 heteroatoms. The molecule has 2 aromatic carbocycles. The second kappa shape index (κ2) is 9.27. The minimum absolute atomic E-state index is 0.194. The van der Waals surface area contributed by atoms with Crippen molar-refractivity contribution in [1.29, 1.82) is 0 Å². The Morgan fingerprint density at radius 1 is 1.09 bits per heavy atom. The second-order valence-corrected chi connectivity index (χ2v) is 8.64. The highest BCUT2D eigenvalue weighted by molar-refractivity contribution is 6.08. The Bertz CT molecular complexity index is 1330. The lowest BCUT2D eigenvalue weighted by Gasteiger charge is -2.27. The molecule has 3 heterocycles. The molecule has 1 aliphatic heterocycles. The molecular formula is C27H27FN4O2. The number of nitrogens with zero attached hydrogens (tertiary/aromatic N) is 3. The van der Waals surface area contributed by atoms with Crippen LogP contribution in [0, 0.1) is 5.82 Å². The van der Waals surface area contributed by atoms with Gasteiger partial charge in [0, 0.05) is 49.0 Å². The van der Waals surface area contributed by atoms with Crippen LogP contribution in [0.3, 0.4) is 0 Å². The Morgan fingerprint density at radius 2 is 1.88 bits per heavy atom. The number of hydrogen-bond donors (Lipinski definition) is 1. The van der Waals surface area contributed by atoms with Crippen LogP contribution >= 0.6 is 0 Å². The number of carbonyl (C=O) groups is 1. The number of rotatable bonds is 5. The van der Waals surface area contributed by atoms with Gasteiger partial charge in [0.1, 0.15) is 11.6 Å². The van der Waals surface area contributed by atoms with Gasteiger partial charge in [0.05, 0.1) is 24.8 Å². The molecule has 0 saturated carbocycles. The summed E-state index contributed by atoms with van der Waals surface area (Å²) in [4.78, 5) is 20.0. The number of benzene rings is 2. The zero-order valence-corrected chi connectivity index (χ0v) is 19.3. The maximum Gasteiger partial charge on any atom is 0.253 e. The van der Waals surface area contributed by atoms with Crippen LogP contribution < -0.4 is 10.2 Å². The highest BCUT2D eigenvalue weighted by atomic mass is 19.1. The van der Waals surface area contributed by atoms with Crippen molar-refractivity contribution in [3.05, 3.63) is 83.9 Å². The summed E-state index contributed by atoms with van der Waals surface area (Å²) in [5.74, 6) is 0.432. The number of aromatic nitrogens is 2. The zero-order valence-electron chi connectivity index (χ0n) is 19.3. The van der Waals surface area contributed by atoms with Gasteiger partial charge in [-0.1, -0.05) is 18.2 Å². The summed E-state index contributed by atoms with van der Waals surface area (Å²) in [6, 6.07) is 16.2. The molecule has 0 spiro atoms. The number of amides is 1. The van der Waals surface area contributed by atoms with Gasteiger partial charge in [-0.15, -0.1) is 0 Å². The smallest absolute Gasteiger partial charge is 0.253 e. The van der Waals surface area contributed by atoms with E-state index < -0.39 is 0 Å². The zero-order chi connectivity index (χ0) is 23.7. The number of aryl methyl sites for hydroxylation is 1. The maximum atomic E-state index is 13.6. The van der Waals surface area contributed by atoms with E-state index in [0.29, 0.717) is 5.56 Å². The van der Waals surface area contributed by atoms with Crippen molar-refractivity contribution < 1.29 is 13.9 Å². The molecule has 1 atom stereocenters. The van der Waals surface area contributed by atoms with Crippen LogP contribution in [0.2, 0.25) is 0 Å². The van der Waals surface area contributed by atoms with E-state index in [4.69, 9.17) is 4.74 Å². The average Bonchev–Trinajstić information content (AvgIpc) is 3.20. The summed E-state index contributed by atoms with van der Waals surface area (Å²) in [6.45, 7) is 4.97. The van der Waals surface area contributed by atoms with Gasteiger partial charge in [0.2, 0.25) is 0 Å². The maximum absolute atomic E-state index is 13.6. The molecule has 174 valence electrons. The third-order valence-electron chi connectivity index (χ3n) is 6.35. The van der Waals surface area contributed by atoms with Gasteiger partial charge >= 0.3 is 0 Å². The Hall–Kier alpha value is -3.71. The summed E-state index contributed by atoms with van der Waals surface area (Å²) in [6.07, 6.45) is 3.71. The van der Waals surface area contributed by atoms with Crippen LogP contribution in [0.5, 0.6) is 0 Å². The number of anilines is 1. The molecule has 34 heavy (non-hydrogen) atoms. The first-order valence-corrected chi connectivity index (χ1v) is 11.4. The molecule has 1 amide bonds. The molecule has 0 radical (unpaired) electrons. The van der Waals surface area contributed by atoms with E-state index in [1.807, 2.05) is 61.3 Å². The minimum atomic E-state index is -0.321. The first-order valence-electron chi connectivity index (χ1n) is 11.4. The van der Waals surface area contributed by atoms with E-state index in [1.165, 1.54) is 12.1 Å². The van der Waals surface area contributed by atoms with Gasteiger partial charge in [0.15, 0.2) is 0 Å². The van der Waals surface area contributed by atoms with E-state index in [2.05, 4.69) is 21.3 Å². The fourth-order valence-electron chi connectivity index (χ4n) is 4.42. The van der Waals surface area contributed by atoms with Crippen molar-refractivity contribution in [2.45, 2.75) is 13.0 Å². The number of nitrogens with one attached hydrogen (secondary N) is 1. The molecule has 0 bridgehead atoms. The number of ether oxygens (including phenoxy) is 1. The van der Waals surface area contributed by atoms with E-state index in [-0.39, 0.29) is 17.8 Å². The van der Waals surface area contributed by atoms with E-state index in [0.717, 1.165) is 59.7 Å². The van der Waals surface area contributed by atoms with E-state index in [1.54, 1.807) is 6.07 Å². The summed E-state index contributed by atoms with van der Waals surface area (Å²) in [7, 11) is 1.92. The monoisotopic (exact) mass is 458 g/mol. The Kier molecular flexibility index (Phi) is 6.02. The lowest BCUT2D eigenvalue weighted by atomic mass is 10.0. The molecule has 6 nitrogen and oxygen atoms in total. The van der Waals surface area contributed by atoms with Crippen LogP contribution in [-0.4, -0.2) is 41.8 Å². The third kappa shape index (κ3) is 4.39. The summed E-state index contributed by atoms with van der Waals surface area (Å²) < 4.78 is 21.0. The van der Waals surface area contributed by atoms with Crippen LogP contribution in [-0.2, 0) is 11.8 Å². The highest BCUT2D eigenvalue weighted by Crippen LogP contribution is 2.29. The summed E-state index contributed by atoms with van der Waals surface area (Å²) in [5, 5.41) is 3.86. The molecule has 5 rings (SSSR count). The second-order valence-electron chi connectivity index (χ2n) is 8.64. The number of halogens is 1. The van der Waals surface area contributed by atoms with E-state index in [9.17, 15) is 9.18 Å². The molecule has 1 unspecified atom stereocenters. The van der Waals surface area contributed by atoms with Crippen LogP contribution in [0.15, 0.2) is 67.0 Å². The van der Waals surface area contributed by atoms with Crippen molar-refractivity contribution >= 4 is 22.6 Å². The lowest BCUT2D eigenvalue weighted by molar-refractivity contribution is 0.0941. The molecule has 0 aliphatic carbocycles. The predicted molar refractivity (Wildman–Crippen MR) is 131 cm³/mol. The van der Waals surface area contributed by atoms with Gasteiger partial charge < -0.3 is 19.5 Å². The van der Waals surface area contributed by atoms with Gasteiger partial charge in [-0.05, 0) is 54.4 Å². The Balaban J connectivity index is 1.41. The molecule has 2 aromatic heterocycles. The lowest BCUT2D eigenvalue weighted by Crippen LogP contribution is -2.36. The number of carbonyl (C=O) groups excluding carboxylic acids is 1. The van der Waals surface area contributed by atoms with Crippen molar-refractivity contribution in [1.82, 2.24) is 14.9 Å². The predicted octanol–water partition coefficient (Wildman–Crippen LogP) is 4.71. The molecule has 1 saturated heterocycles. The Labute approximate surface area is 198 Å². The van der Waals surface area contributed by atoms with Crippen molar-refractivity contribution in [3.63, 3.8) is 0 Å². The minimum Gasteiger partial charge on any atom is -0.378 e. The van der Waals surface area contributed by atoms with E-state index >= 15 is 0 Å². The quantitative estimate of drug-likeness (QED) is 0.471. The first kappa shape index (κ1) is 22.1. The van der Waals surface area contributed by atoms with Gasteiger partial charge in [0.25, 0.3) is 5.91 Å². The Morgan fingerprint density at radius 3 is 2.62 bits per heavy atom. The van der Waals surface area contributed by atoms with Crippen LogP contribution in [0.1, 0.15) is 28.9 Å². The van der Waals surface area contributed by atoms with Crippen LogP contribution in [0.4, 0.5) is 10.2 Å². The fraction of sp³-hybridized carbons (Fsp3) is 0.259. The van der Waals surface area contributed by atoms with Crippen molar-refractivity contribution in [2.24, 2.45) is 7.05 Å². The SMILES string of the molecule is CC(NC(=O)c1cn(C)c2ccc(-c3ccc(N4CCOCC4)nc3)cc12)c1cccc(F)c1. The molecule has 1 N–H and O–H groups in total. The number of morpholine rings is 1. The van der Waals surface area contributed by atoms with Gasteiger partial charge in [-0.3, -0.25) is 4.79 Å². The summed E-state index contributed by atoms with van der Waals surface area (Å²) in [5.41, 5.74) is 4.25. The van der Waals surface area contributed by atoms with Gasteiger partial charge in [-0.25, -0.2) is 9.37 Å². The van der Waals surface area contributed by atoms with Crippen molar-refractivity contribution in [2.75, 3.05) is 31.2 Å².